The van der Waals surface area contributed by atoms with Gasteiger partial charge in [-0.3, -0.25) is 9.78 Å². The zero-order valence-electron chi connectivity index (χ0n) is 13.9. The first-order valence-electron chi connectivity index (χ1n) is 8.05. The van der Waals surface area contributed by atoms with E-state index in [2.05, 4.69) is 46.5 Å². The third kappa shape index (κ3) is 5.09. The Bertz CT molecular complexity index is 827. The molecule has 2 aromatic heterocycles. The molecule has 126 valence electrons. The summed E-state index contributed by atoms with van der Waals surface area (Å²) in [5.41, 5.74) is 3.22. The molecule has 1 aromatic carbocycles. The first-order chi connectivity index (χ1) is 12.2. The molecule has 3 aromatic rings. The number of thiazole rings is 1. The molecule has 0 fully saturated rings. The Morgan fingerprint density at radius 1 is 1.16 bits per heavy atom. The Balaban J connectivity index is 1.74. The molecule has 25 heavy (non-hydrogen) atoms. The summed E-state index contributed by atoms with van der Waals surface area (Å²) in [5, 5.41) is 5.74. The highest BCUT2D eigenvalue weighted by Gasteiger charge is 2.15. The van der Waals surface area contributed by atoms with Gasteiger partial charge in [0.05, 0.1) is 11.7 Å². The van der Waals surface area contributed by atoms with E-state index in [0.29, 0.717) is 6.42 Å². The van der Waals surface area contributed by atoms with E-state index in [9.17, 15) is 4.79 Å². The summed E-state index contributed by atoms with van der Waals surface area (Å²) < 4.78 is 0. The van der Waals surface area contributed by atoms with Crippen LogP contribution in [0.15, 0.2) is 66.3 Å². The van der Waals surface area contributed by atoms with E-state index < -0.39 is 0 Å². The lowest BCUT2D eigenvalue weighted by Crippen LogP contribution is -2.29. The largest absolute Gasteiger partial charge is 0.344 e. The van der Waals surface area contributed by atoms with Crippen molar-refractivity contribution in [2.75, 3.05) is 0 Å². The second-order valence-electron chi connectivity index (χ2n) is 5.71. The number of hydrogen-bond acceptors (Lipinski definition) is 4. The number of aromatic nitrogens is 2. The lowest BCUT2D eigenvalue weighted by atomic mass is 10.0. The van der Waals surface area contributed by atoms with E-state index in [1.165, 1.54) is 23.0 Å². The molecule has 0 aliphatic carbocycles. The van der Waals surface area contributed by atoms with E-state index >= 15 is 0 Å². The molecular formula is C20H19N3OS. The van der Waals surface area contributed by atoms with Crippen molar-refractivity contribution in [1.82, 2.24) is 15.3 Å². The number of nitrogens with one attached hydrogen (secondary N) is 1. The number of benzene rings is 1. The lowest BCUT2D eigenvalue weighted by molar-refractivity contribution is -0.117. The Kier molecular flexibility index (Phi) is 5.69. The average Bonchev–Trinajstić information content (AvgIpc) is 3.16. The molecule has 3 rings (SSSR count). The van der Waals surface area contributed by atoms with Crippen molar-refractivity contribution in [2.24, 2.45) is 0 Å². The van der Waals surface area contributed by atoms with Crippen LogP contribution in [-0.2, 0) is 11.2 Å². The number of carbonyl (C=O) groups is 1. The SMILES string of the molecule is Cc1ccc(C[C@@H](NC(=O)/C=C\c2nccs2)c2ccccn2)cc1. The number of carbonyl (C=O) groups excluding carboxylic acids is 1. The van der Waals surface area contributed by atoms with Gasteiger partial charge in [0, 0.05) is 23.8 Å². The van der Waals surface area contributed by atoms with Crippen molar-refractivity contribution in [3.8, 4) is 0 Å². The minimum atomic E-state index is -0.183. The van der Waals surface area contributed by atoms with Gasteiger partial charge in [0.2, 0.25) is 5.91 Å². The van der Waals surface area contributed by atoms with Crippen LogP contribution >= 0.6 is 11.3 Å². The molecular weight excluding hydrogens is 330 g/mol. The molecule has 1 N–H and O–H groups in total. The van der Waals surface area contributed by atoms with Crippen LogP contribution < -0.4 is 5.32 Å². The Labute approximate surface area is 151 Å². The van der Waals surface area contributed by atoms with Crippen LogP contribution in [0.2, 0.25) is 0 Å². The topological polar surface area (TPSA) is 54.9 Å². The molecule has 1 atom stereocenters. The Morgan fingerprint density at radius 2 is 2.00 bits per heavy atom. The van der Waals surface area contributed by atoms with Crippen LogP contribution in [-0.4, -0.2) is 15.9 Å². The number of rotatable bonds is 6. The Hall–Kier alpha value is -2.79. The molecule has 0 unspecified atom stereocenters. The minimum absolute atomic E-state index is 0.155. The maximum absolute atomic E-state index is 12.3. The van der Waals surface area contributed by atoms with Gasteiger partial charge in [-0.25, -0.2) is 4.98 Å². The summed E-state index contributed by atoms with van der Waals surface area (Å²) in [7, 11) is 0. The monoisotopic (exact) mass is 349 g/mol. The van der Waals surface area contributed by atoms with Gasteiger partial charge in [-0.15, -0.1) is 11.3 Å². The van der Waals surface area contributed by atoms with Gasteiger partial charge in [-0.05, 0) is 37.1 Å². The van der Waals surface area contributed by atoms with Crippen LogP contribution in [0, 0.1) is 6.92 Å². The fourth-order valence-corrected chi connectivity index (χ4v) is 2.98. The zero-order chi connectivity index (χ0) is 17.5. The van der Waals surface area contributed by atoms with Gasteiger partial charge in [0.25, 0.3) is 0 Å². The second-order valence-corrected chi connectivity index (χ2v) is 6.64. The van der Waals surface area contributed by atoms with E-state index in [0.717, 1.165) is 16.3 Å². The van der Waals surface area contributed by atoms with Crippen LogP contribution in [0.25, 0.3) is 6.08 Å². The molecule has 2 heterocycles. The lowest BCUT2D eigenvalue weighted by Gasteiger charge is -2.17. The normalized spacial score (nSPS) is 12.2. The van der Waals surface area contributed by atoms with Gasteiger partial charge in [-0.1, -0.05) is 35.9 Å². The smallest absolute Gasteiger partial charge is 0.244 e. The van der Waals surface area contributed by atoms with Crippen molar-refractivity contribution in [1.29, 1.82) is 0 Å². The molecule has 4 nitrogen and oxygen atoms in total. The van der Waals surface area contributed by atoms with E-state index in [4.69, 9.17) is 0 Å². The number of pyridine rings is 1. The van der Waals surface area contributed by atoms with Crippen LogP contribution in [0.5, 0.6) is 0 Å². The predicted molar refractivity (Wildman–Crippen MR) is 101 cm³/mol. The maximum atomic E-state index is 12.3. The van der Waals surface area contributed by atoms with Crippen LogP contribution in [0.1, 0.15) is 27.9 Å². The van der Waals surface area contributed by atoms with Gasteiger partial charge in [0.1, 0.15) is 5.01 Å². The van der Waals surface area contributed by atoms with Crippen LogP contribution in [0.4, 0.5) is 0 Å². The zero-order valence-corrected chi connectivity index (χ0v) is 14.7. The summed E-state index contributed by atoms with van der Waals surface area (Å²) in [6.07, 6.45) is 7.39. The number of hydrogen-bond donors (Lipinski definition) is 1. The highest BCUT2D eigenvalue weighted by molar-refractivity contribution is 7.10. The Morgan fingerprint density at radius 3 is 2.68 bits per heavy atom. The standard InChI is InChI=1S/C20H19N3OS/c1-15-5-7-16(8-6-15)14-18(17-4-2-3-11-21-17)23-19(24)9-10-20-22-12-13-25-20/h2-13,18H,14H2,1H3,(H,23,24)/b10-9-/t18-/m1/s1. The maximum Gasteiger partial charge on any atom is 0.244 e. The van der Waals surface area contributed by atoms with E-state index in [1.807, 2.05) is 23.6 Å². The van der Waals surface area contributed by atoms with Crippen LogP contribution in [0.3, 0.4) is 0 Å². The van der Waals surface area contributed by atoms with Gasteiger partial charge in [0.15, 0.2) is 0 Å². The van der Waals surface area contributed by atoms with Crippen molar-refractivity contribution in [2.45, 2.75) is 19.4 Å². The predicted octanol–water partition coefficient (Wildman–Crippen LogP) is 3.96. The molecule has 5 heteroatoms. The molecule has 0 saturated heterocycles. The molecule has 0 bridgehead atoms. The molecule has 0 spiro atoms. The fraction of sp³-hybridized carbons (Fsp3) is 0.150. The summed E-state index contributed by atoms with van der Waals surface area (Å²) in [5.74, 6) is -0.155. The number of amides is 1. The third-order valence-corrected chi connectivity index (χ3v) is 4.49. The number of aryl methyl sites for hydroxylation is 1. The first-order valence-corrected chi connectivity index (χ1v) is 8.93. The molecule has 1 amide bonds. The average molecular weight is 349 g/mol. The highest BCUT2D eigenvalue weighted by Crippen LogP contribution is 2.17. The number of nitrogens with zero attached hydrogens (tertiary/aromatic N) is 2. The molecule has 0 aliphatic rings. The quantitative estimate of drug-likeness (QED) is 0.685. The summed E-state index contributed by atoms with van der Waals surface area (Å²) in [6.45, 7) is 2.06. The van der Waals surface area contributed by atoms with Crippen molar-refractivity contribution < 1.29 is 4.79 Å². The summed E-state index contributed by atoms with van der Waals surface area (Å²) in [4.78, 5) is 20.9. The molecule has 0 saturated carbocycles. The fourth-order valence-electron chi connectivity index (χ4n) is 2.46. The van der Waals surface area contributed by atoms with Crippen molar-refractivity contribution >= 4 is 23.3 Å². The van der Waals surface area contributed by atoms with Gasteiger partial charge < -0.3 is 5.32 Å². The molecule has 0 radical (unpaired) electrons. The van der Waals surface area contributed by atoms with E-state index in [1.54, 1.807) is 18.5 Å². The highest BCUT2D eigenvalue weighted by atomic mass is 32.1. The van der Waals surface area contributed by atoms with Gasteiger partial charge in [-0.2, -0.15) is 0 Å². The second kappa shape index (κ2) is 8.35. The summed E-state index contributed by atoms with van der Waals surface area (Å²) >= 11 is 1.49. The molecule has 0 aliphatic heterocycles. The van der Waals surface area contributed by atoms with E-state index in [-0.39, 0.29) is 11.9 Å². The van der Waals surface area contributed by atoms with Gasteiger partial charge >= 0.3 is 0 Å². The minimum Gasteiger partial charge on any atom is -0.344 e. The summed E-state index contributed by atoms with van der Waals surface area (Å²) in [6, 6.07) is 13.9. The van der Waals surface area contributed by atoms with Crippen molar-refractivity contribution in [3.63, 3.8) is 0 Å². The van der Waals surface area contributed by atoms with Crippen molar-refractivity contribution in [3.05, 3.63) is 88.1 Å². The third-order valence-electron chi connectivity index (χ3n) is 3.75. The first kappa shape index (κ1) is 17.0.